The average molecular weight is 635 g/mol. The second kappa shape index (κ2) is 15.4. The molecule has 2 atom stereocenters. The molecule has 1 aromatic heterocycles. The first-order valence-electron chi connectivity index (χ1n) is 15.1. The van der Waals surface area contributed by atoms with E-state index < -0.39 is 41.1 Å². The molecule has 2 unspecified atom stereocenters. The number of imidazole rings is 1. The molecule has 0 fully saturated rings. The van der Waals surface area contributed by atoms with Crippen LogP contribution < -0.4 is 20.7 Å². The highest BCUT2D eigenvalue weighted by Crippen LogP contribution is 2.24. The highest BCUT2D eigenvalue weighted by atomic mass is 16.6. The molecule has 0 aliphatic carbocycles. The maximum atomic E-state index is 13.6. The zero-order valence-electron chi connectivity index (χ0n) is 27.9. The maximum Gasteiger partial charge on any atom is 0.408 e. The van der Waals surface area contributed by atoms with Crippen LogP contribution in [0.4, 0.5) is 10.6 Å². The summed E-state index contributed by atoms with van der Waals surface area (Å²) in [5, 5.41) is 8.17. The lowest BCUT2D eigenvalue weighted by molar-refractivity contribution is -0.131. The summed E-state index contributed by atoms with van der Waals surface area (Å²) in [5.74, 6) is -0.363. The molecule has 46 heavy (non-hydrogen) atoms. The fourth-order valence-electron chi connectivity index (χ4n) is 4.61. The summed E-state index contributed by atoms with van der Waals surface area (Å²) in [6.45, 7) is 8.25. The van der Waals surface area contributed by atoms with E-state index in [1.54, 1.807) is 77.0 Å². The number of likely N-dealkylation sites (N-methyl/N-ethyl adjacent to an activating group) is 1. The Kier molecular flexibility index (Phi) is 11.9. The number of carbonyl (C=O) groups is 4. The lowest BCUT2D eigenvalue weighted by Gasteiger charge is -2.29. The van der Waals surface area contributed by atoms with Gasteiger partial charge in [-0.1, -0.05) is 42.5 Å². The summed E-state index contributed by atoms with van der Waals surface area (Å²) in [7, 11) is 4.90. The molecule has 0 saturated heterocycles. The van der Waals surface area contributed by atoms with Crippen LogP contribution in [0.15, 0.2) is 67.1 Å². The van der Waals surface area contributed by atoms with E-state index in [0.717, 1.165) is 5.56 Å². The molecule has 3 N–H and O–H groups in total. The SMILES string of the molecule is COc1ccc(C(C(=O)N(C)C)n2cnc(NC(=O)C(CCCc3ccccc3)NC(=O)C(C)(C)NC(=O)OC(C)(C)C)c2)cc1. The molecule has 0 aliphatic heterocycles. The molecule has 1 heterocycles. The fourth-order valence-corrected chi connectivity index (χ4v) is 4.61. The van der Waals surface area contributed by atoms with Gasteiger partial charge in [0.05, 0.1) is 13.4 Å². The minimum Gasteiger partial charge on any atom is -0.497 e. The quantitative estimate of drug-likeness (QED) is 0.254. The Bertz CT molecular complexity index is 1480. The van der Waals surface area contributed by atoms with Crippen LogP contribution in [0.3, 0.4) is 0 Å². The first-order valence-corrected chi connectivity index (χ1v) is 15.1. The van der Waals surface area contributed by atoms with Crippen LogP contribution in [0.2, 0.25) is 0 Å². The Labute approximate surface area is 270 Å². The van der Waals surface area contributed by atoms with Crippen LogP contribution in [0.25, 0.3) is 0 Å². The molecular weight excluding hydrogens is 588 g/mol. The third-order valence-corrected chi connectivity index (χ3v) is 7.06. The summed E-state index contributed by atoms with van der Waals surface area (Å²) in [6.07, 6.45) is 3.93. The third kappa shape index (κ3) is 10.4. The largest absolute Gasteiger partial charge is 0.497 e. The van der Waals surface area contributed by atoms with E-state index >= 15 is 0 Å². The Morgan fingerprint density at radius 1 is 0.957 bits per heavy atom. The number of hydrogen-bond donors (Lipinski definition) is 3. The van der Waals surface area contributed by atoms with E-state index in [2.05, 4.69) is 20.9 Å². The van der Waals surface area contributed by atoms with Gasteiger partial charge in [-0.05, 0) is 77.1 Å². The number of alkyl carbamates (subject to hydrolysis) is 1. The van der Waals surface area contributed by atoms with E-state index in [-0.39, 0.29) is 11.7 Å². The Morgan fingerprint density at radius 3 is 2.20 bits per heavy atom. The highest BCUT2D eigenvalue weighted by molar-refractivity contribution is 5.98. The van der Waals surface area contributed by atoms with Crippen molar-refractivity contribution in [1.82, 2.24) is 25.1 Å². The van der Waals surface area contributed by atoms with Crippen LogP contribution in [0, 0.1) is 0 Å². The van der Waals surface area contributed by atoms with E-state index in [0.29, 0.717) is 30.6 Å². The third-order valence-electron chi connectivity index (χ3n) is 7.06. The Morgan fingerprint density at radius 2 is 1.61 bits per heavy atom. The average Bonchev–Trinajstić information content (AvgIpc) is 3.43. The first-order chi connectivity index (χ1) is 21.6. The van der Waals surface area contributed by atoms with Gasteiger partial charge in [0.15, 0.2) is 5.82 Å². The predicted octanol–water partition coefficient (Wildman–Crippen LogP) is 4.32. The molecule has 0 spiro atoms. The van der Waals surface area contributed by atoms with Gasteiger partial charge in [0.1, 0.15) is 29.0 Å². The van der Waals surface area contributed by atoms with Gasteiger partial charge >= 0.3 is 6.09 Å². The molecule has 4 amide bonds. The summed E-state index contributed by atoms with van der Waals surface area (Å²) < 4.78 is 12.2. The van der Waals surface area contributed by atoms with Crippen molar-refractivity contribution in [3.63, 3.8) is 0 Å². The van der Waals surface area contributed by atoms with Crippen molar-refractivity contribution in [1.29, 1.82) is 0 Å². The van der Waals surface area contributed by atoms with Crippen molar-refractivity contribution in [2.75, 3.05) is 26.5 Å². The number of benzene rings is 2. The number of nitrogens with one attached hydrogen (secondary N) is 3. The van der Waals surface area contributed by atoms with Crippen LogP contribution in [-0.2, 0) is 25.5 Å². The van der Waals surface area contributed by atoms with Gasteiger partial charge in [-0.2, -0.15) is 0 Å². The van der Waals surface area contributed by atoms with Crippen molar-refractivity contribution in [2.24, 2.45) is 0 Å². The van der Waals surface area contributed by atoms with Gasteiger partial charge in [-0.3, -0.25) is 14.4 Å². The standard InChI is InChI=1S/C34H46N6O6/c1-33(2,3)46-32(44)38-34(4,5)31(43)36-26(16-12-15-23-13-10-9-11-14-23)29(41)37-27-21-40(22-35-27)28(30(42)39(6)7)24-17-19-25(45-8)20-18-24/h9-11,13-14,17-22,26,28H,12,15-16H2,1-8H3,(H,36,43)(H,37,41)(H,38,44). The molecule has 0 aliphatic rings. The van der Waals surface area contributed by atoms with Crippen LogP contribution in [-0.4, -0.2) is 76.7 Å². The topological polar surface area (TPSA) is 144 Å². The van der Waals surface area contributed by atoms with Gasteiger partial charge in [0, 0.05) is 20.3 Å². The smallest absolute Gasteiger partial charge is 0.408 e. The zero-order valence-corrected chi connectivity index (χ0v) is 27.9. The number of rotatable bonds is 13. The zero-order chi connectivity index (χ0) is 34.1. The first kappa shape index (κ1) is 35.6. The van der Waals surface area contributed by atoms with Crippen LogP contribution in [0.5, 0.6) is 5.75 Å². The normalized spacial score (nSPS) is 12.8. The van der Waals surface area contributed by atoms with Crippen molar-refractivity contribution in [3.05, 3.63) is 78.2 Å². The molecular formula is C34H46N6O6. The molecule has 0 radical (unpaired) electrons. The van der Waals surface area contributed by atoms with Gasteiger partial charge in [0.25, 0.3) is 0 Å². The number of anilines is 1. The van der Waals surface area contributed by atoms with Crippen molar-refractivity contribution < 1.29 is 28.7 Å². The summed E-state index contributed by atoms with van der Waals surface area (Å²) >= 11 is 0. The lowest BCUT2D eigenvalue weighted by atomic mass is 10.0. The maximum absolute atomic E-state index is 13.6. The van der Waals surface area contributed by atoms with Gasteiger partial charge in [0.2, 0.25) is 17.7 Å². The fraction of sp³-hybridized carbons (Fsp3) is 0.441. The van der Waals surface area contributed by atoms with E-state index in [1.165, 1.54) is 25.1 Å². The van der Waals surface area contributed by atoms with Crippen molar-refractivity contribution >= 4 is 29.6 Å². The van der Waals surface area contributed by atoms with Crippen molar-refractivity contribution in [2.45, 2.75) is 77.1 Å². The minimum atomic E-state index is -1.38. The molecule has 3 aromatic rings. The number of nitrogens with zero attached hydrogens (tertiary/aromatic N) is 3. The van der Waals surface area contributed by atoms with Gasteiger partial charge in [-0.15, -0.1) is 0 Å². The van der Waals surface area contributed by atoms with E-state index in [1.807, 2.05) is 30.3 Å². The van der Waals surface area contributed by atoms with E-state index in [4.69, 9.17) is 9.47 Å². The van der Waals surface area contributed by atoms with E-state index in [9.17, 15) is 19.2 Å². The van der Waals surface area contributed by atoms with Gasteiger partial charge in [-0.25, -0.2) is 9.78 Å². The molecule has 2 aromatic carbocycles. The molecule has 0 bridgehead atoms. The number of amides is 4. The second-order valence-corrected chi connectivity index (χ2v) is 12.8. The minimum absolute atomic E-state index is 0.189. The lowest BCUT2D eigenvalue weighted by Crippen LogP contribution is -2.58. The van der Waals surface area contributed by atoms with Gasteiger partial charge < -0.3 is 34.9 Å². The second-order valence-electron chi connectivity index (χ2n) is 12.8. The number of hydrogen-bond acceptors (Lipinski definition) is 7. The number of methoxy groups -OCH3 is 1. The highest BCUT2D eigenvalue weighted by Gasteiger charge is 2.34. The summed E-state index contributed by atoms with van der Waals surface area (Å²) in [6, 6.07) is 15.3. The van der Waals surface area contributed by atoms with Crippen molar-refractivity contribution in [3.8, 4) is 5.75 Å². The monoisotopic (exact) mass is 634 g/mol. The molecule has 0 saturated carbocycles. The Balaban J connectivity index is 1.80. The summed E-state index contributed by atoms with van der Waals surface area (Å²) in [4.78, 5) is 58.4. The molecule has 12 nitrogen and oxygen atoms in total. The predicted molar refractivity (Wildman–Crippen MR) is 175 cm³/mol. The Hall–Kier alpha value is -4.87. The number of ether oxygens (including phenoxy) is 2. The number of carbonyl (C=O) groups excluding carboxylic acids is 4. The molecule has 3 rings (SSSR count). The van der Waals surface area contributed by atoms with Crippen LogP contribution >= 0.6 is 0 Å². The number of aromatic nitrogens is 2. The molecule has 248 valence electrons. The van der Waals surface area contributed by atoms with Crippen LogP contribution in [0.1, 0.15) is 64.6 Å². The molecule has 12 heteroatoms. The summed E-state index contributed by atoms with van der Waals surface area (Å²) in [5.41, 5.74) is -0.307. The number of aryl methyl sites for hydroxylation is 1.